The fourth-order valence-corrected chi connectivity index (χ4v) is 5.41. The van der Waals surface area contributed by atoms with Crippen LogP contribution in [0.25, 0.3) is 10.2 Å². The number of thiazole rings is 2. The summed E-state index contributed by atoms with van der Waals surface area (Å²) in [5.41, 5.74) is 2.45. The number of thioether (sulfide) groups is 1. The third kappa shape index (κ3) is 4.47. The second-order valence-corrected chi connectivity index (χ2v) is 9.15. The minimum Gasteiger partial charge on any atom is -0.465 e. The number of anilines is 1. The molecule has 2 aromatic carbocycles. The van der Waals surface area contributed by atoms with Crippen molar-refractivity contribution in [3.05, 3.63) is 70.7 Å². The molecule has 0 atom stereocenters. The normalized spacial score (nSPS) is 10.8. The smallest absolute Gasteiger partial charge is 0.349 e. The van der Waals surface area contributed by atoms with Crippen LogP contribution >= 0.6 is 34.4 Å². The van der Waals surface area contributed by atoms with Crippen molar-refractivity contribution in [2.45, 2.75) is 10.1 Å². The van der Waals surface area contributed by atoms with E-state index in [0.717, 1.165) is 31.5 Å². The summed E-state index contributed by atoms with van der Waals surface area (Å²) in [7, 11) is 1.31. The molecule has 0 radical (unpaired) electrons. The topological polar surface area (TPSA) is 81.2 Å². The molecule has 2 aromatic heterocycles. The third-order valence-corrected chi connectivity index (χ3v) is 7.12. The number of para-hydroxylation sites is 1. The molecular formula is C20H15N3O3S3. The maximum atomic E-state index is 12.8. The average molecular weight is 442 g/mol. The summed E-state index contributed by atoms with van der Waals surface area (Å²) in [5, 5.41) is 3.11. The molecule has 146 valence electrons. The van der Waals surface area contributed by atoms with Crippen molar-refractivity contribution in [3.8, 4) is 0 Å². The van der Waals surface area contributed by atoms with Crippen LogP contribution < -0.4 is 5.32 Å². The van der Waals surface area contributed by atoms with Gasteiger partial charge in [0.2, 0.25) is 0 Å². The Morgan fingerprint density at radius 3 is 2.72 bits per heavy atom. The van der Waals surface area contributed by atoms with E-state index in [0.29, 0.717) is 21.3 Å². The second kappa shape index (κ2) is 8.73. The number of hydrogen-bond acceptors (Lipinski definition) is 8. The molecule has 0 aliphatic heterocycles. The molecule has 0 saturated heterocycles. The quantitative estimate of drug-likeness (QED) is 0.332. The van der Waals surface area contributed by atoms with E-state index >= 15 is 0 Å². The lowest BCUT2D eigenvalue weighted by Gasteiger charge is -2.08. The van der Waals surface area contributed by atoms with Gasteiger partial charge >= 0.3 is 5.97 Å². The lowest BCUT2D eigenvalue weighted by atomic mass is 10.1. The molecule has 0 saturated carbocycles. The highest BCUT2D eigenvalue weighted by Crippen LogP contribution is 2.32. The van der Waals surface area contributed by atoms with Gasteiger partial charge in [-0.25, -0.2) is 14.8 Å². The van der Waals surface area contributed by atoms with Gasteiger partial charge in [-0.1, -0.05) is 53.4 Å². The van der Waals surface area contributed by atoms with Gasteiger partial charge in [0.25, 0.3) is 5.91 Å². The van der Waals surface area contributed by atoms with Crippen molar-refractivity contribution < 1.29 is 14.3 Å². The molecule has 0 fully saturated rings. The lowest BCUT2D eigenvalue weighted by Crippen LogP contribution is -2.13. The zero-order valence-corrected chi connectivity index (χ0v) is 17.7. The fourth-order valence-electron chi connectivity index (χ4n) is 2.61. The van der Waals surface area contributed by atoms with Crippen LogP contribution in [0.4, 0.5) is 5.13 Å². The predicted octanol–water partition coefficient (Wildman–Crippen LogP) is 5.08. The van der Waals surface area contributed by atoms with Crippen molar-refractivity contribution in [1.82, 2.24) is 9.97 Å². The molecule has 2 heterocycles. The Labute approximate surface area is 179 Å². The van der Waals surface area contributed by atoms with Crippen LogP contribution in [0, 0.1) is 0 Å². The summed E-state index contributed by atoms with van der Waals surface area (Å²) < 4.78 is 6.77. The lowest BCUT2D eigenvalue weighted by molar-refractivity contribution is 0.0606. The summed E-state index contributed by atoms with van der Waals surface area (Å²) in [6, 6.07) is 15.4. The first-order chi connectivity index (χ1) is 14.1. The number of nitrogens with zero attached hydrogens (tertiary/aromatic N) is 2. The minimum absolute atomic E-state index is 0.267. The van der Waals surface area contributed by atoms with Crippen LogP contribution in [0.3, 0.4) is 0 Å². The number of aromatic nitrogens is 2. The first-order valence-corrected chi connectivity index (χ1v) is 11.2. The fraction of sp³-hybridized carbons (Fsp3) is 0.100. The SMILES string of the molecule is COC(=O)c1cnc(NC(=O)c2ccccc2CSc2nc3ccccc3s2)s1. The zero-order chi connectivity index (χ0) is 20.2. The van der Waals surface area contributed by atoms with E-state index in [1.165, 1.54) is 13.3 Å². The minimum atomic E-state index is -0.476. The zero-order valence-electron chi connectivity index (χ0n) is 15.2. The van der Waals surface area contributed by atoms with Gasteiger partial charge in [0.1, 0.15) is 4.88 Å². The first-order valence-electron chi connectivity index (χ1n) is 8.56. The third-order valence-electron chi connectivity index (χ3n) is 4.00. The monoisotopic (exact) mass is 441 g/mol. The molecule has 9 heteroatoms. The summed E-state index contributed by atoms with van der Waals surface area (Å²) >= 11 is 4.32. The molecule has 1 amide bonds. The van der Waals surface area contributed by atoms with E-state index in [1.54, 1.807) is 29.2 Å². The van der Waals surface area contributed by atoms with Crippen LogP contribution in [0.5, 0.6) is 0 Å². The van der Waals surface area contributed by atoms with Gasteiger partial charge in [0, 0.05) is 11.3 Å². The average Bonchev–Trinajstić information content (AvgIpc) is 3.38. The summed E-state index contributed by atoms with van der Waals surface area (Å²) in [5.74, 6) is -0.124. The molecule has 29 heavy (non-hydrogen) atoms. The molecule has 0 aliphatic rings. The number of methoxy groups -OCH3 is 1. The predicted molar refractivity (Wildman–Crippen MR) is 117 cm³/mol. The van der Waals surface area contributed by atoms with Crippen molar-refractivity contribution in [2.75, 3.05) is 12.4 Å². The van der Waals surface area contributed by atoms with E-state index in [1.807, 2.05) is 36.4 Å². The first kappa shape index (κ1) is 19.6. The van der Waals surface area contributed by atoms with Crippen LogP contribution in [0.2, 0.25) is 0 Å². The molecule has 0 unspecified atom stereocenters. The maximum Gasteiger partial charge on any atom is 0.349 e. The highest BCUT2D eigenvalue weighted by atomic mass is 32.2. The Hall–Kier alpha value is -2.75. The van der Waals surface area contributed by atoms with Gasteiger partial charge in [0.15, 0.2) is 9.47 Å². The van der Waals surface area contributed by atoms with Gasteiger partial charge in [-0.15, -0.1) is 11.3 Å². The Morgan fingerprint density at radius 1 is 1.10 bits per heavy atom. The van der Waals surface area contributed by atoms with Gasteiger partial charge in [-0.2, -0.15) is 0 Å². The molecule has 0 spiro atoms. The number of rotatable bonds is 6. The summed E-state index contributed by atoms with van der Waals surface area (Å²) in [6.45, 7) is 0. The number of hydrogen-bond donors (Lipinski definition) is 1. The van der Waals surface area contributed by atoms with E-state index in [2.05, 4.69) is 26.1 Å². The van der Waals surface area contributed by atoms with E-state index in [-0.39, 0.29) is 5.91 Å². The van der Waals surface area contributed by atoms with Crippen molar-refractivity contribution in [3.63, 3.8) is 0 Å². The largest absolute Gasteiger partial charge is 0.465 e. The molecule has 1 N–H and O–H groups in total. The van der Waals surface area contributed by atoms with Gasteiger partial charge in [0.05, 0.1) is 23.5 Å². The Balaban J connectivity index is 1.47. The van der Waals surface area contributed by atoms with Crippen LogP contribution in [0.15, 0.2) is 59.1 Å². The summed E-state index contributed by atoms with van der Waals surface area (Å²) in [4.78, 5) is 33.3. The molecule has 6 nitrogen and oxygen atoms in total. The Kier molecular flexibility index (Phi) is 5.89. The number of carbonyl (C=O) groups is 2. The highest BCUT2D eigenvalue weighted by molar-refractivity contribution is 8.00. The van der Waals surface area contributed by atoms with Crippen LogP contribution in [-0.2, 0) is 10.5 Å². The number of esters is 1. The highest BCUT2D eigenvalue weighted by Gasteiger charge is 2.16. The van der Waals surface area contributed by atoms with E-state index < -0.39 is 5.97 Å². The van der Waals surface area contributed by atoms with E-state index in [9.17, 15) is 9.59 Å². The van der Waals surface area contributed by atoms with Crippen molar-refractivity contribution in [1.29, 1.82) is 0 Å². The van der Waals surface area contributed by atoms with Crippen LogP contribution in [0.1, 0.15) is 25.6 Å². The molecule has 4 aromatic rings. The molecule has 4 rings (SSSR count). The second-order valence-electron chi connectivity index (χ2n) is 5.87. The standard InChI is InChI=1S/C20H15N3O3S3/c1-26-18(25)16-10-21-19(28-16)23-17(24)13-7-3-2-6-12(13)11-27-20-22-14-8-4-5-9-15(14)29-20/h2-10H,11H2,1H3,(H,21,23,24). The Bertz CT molecular complexity index is 1150. The number of amides is 1. The van der Waals surface area contributed by atoms with Gasteiger partial charge < -0.3 is 4.74 Å². The van der Waals surface area contributed by atoms with Crippen LogP contribution in [-0.4, -0.2) is 29.0 Å². The van der Waals surface area contributed by atoms with Crippen molar-refractivity contribution in [2.24, 2.45) is 0 Å². The number of benzene rings is 2. The van der Waals surface area contributed by atoms with Gasteiger partial charge in [-0.05, 0) is 23.8 Å². The van der Waals surface area contributed by atoms with Crippen molar-refractivity contribution >= 4 is 61.7 Å². The molecule has 0 aliphatic carbocycles. The molecular weight excluding hydrogens is 426 g/mol. The van der Waals surface area contributed by atoms with E-state index in [4.69, 9.17) is 0 Å². The number of ether oxygens (including phenoxy) is 1. The number of nitrogens with one attached hydrogen (secondary N) is 1. The maximum absolute atomic E-state index is 12.8. The summed E-state index contributed by atoms with van der Waals surface area (Å²) in [6.07, 6.45) is 1.39. The number of fused-ring (bicyclic) bond motifs is 1. The number of carbonyl (C=O) groups excluding carboxylic acids is 2. The Morgan fingerprint density at radius 2 is 1.90 bits per heavy atom. The molecule has 0 bridgehead atoms. The van der Waals surface area contributed by atoms with Gasteiger partial charge in [-0.3, -0.25) is 10.1 Å².